The van der Waals surface area contributed by atoms with Crippen molar-refractivity contribution in [3.8, 4) is 5.75 Å². The van der Waals surface area contributed by atoms with E-state index < -0.39 is 0 Å². The standard InChI is InChI=1S/C12H12ClN3O/c1-8-4-3-5-9(12(8)17-2)16-11-6-10(13)14-7-15-11/h3-7H,1-2H3,(H,14,15,16). The summed E-state index contributed by atoms with van der Waals surface area (Å²) < 4.78 is 5.34. The second kappa shape index (κ2) is 5.01. The maximum Gasteiger partial charge on any atom is 0.145 e. The molecule has 1 aromatic heterocycles. The summed E-state index contributed by atoms with van der Waals surface area (Å²) in [5.41, 5.74) is 1.90. The van der Waals surface area contributed by atoms with Gasteiger partial charge < -0.3 is 10.1 Å². The number of halogens is 1. The Balaban J connectivity index is 2.33. The molecule has 1 aromatic carbocycles. The number of para-hydroxylation sites is 1. The molecule has 4 nitrogen and oxygen atoms in total. The van der Waals surface area contributed by atoms with E-state index in [1.807, 2.05) is 25.1 Å². The number of methoxy groups -OCH3 is 1. The summed E-state index contributed by atoms with van der Waals surface area (Å²) in [5, 5.41) is 3.54. The molecule has 0 radical (unpaired) electrons. The molecule has 88 valence electrons. The van der Waals surface area contributed by atoms with E-state index in [1.165, 1.54) is 6.33 Å². The fourth-order valence-electron chi connectivity index (χ4n) is 1.56. The van der Waals surface area contributed by atoms with Gasteiger partial charge in [0.15, 0.2) is 0 Å². The molecule has 0 spiro atoms. The Kier molecular flexibility index (Phi) is 3.44. The van der Waals surface area contributed by atoms with Gasteiger partial charge in [0, 0.05) is 6.07 Å². The average molecular weight is 250 g/mol. The first kappa shape index (κ1) is 11.7. The van der Waals surface area contributed by atoms with Gasteiger partial charge in [-0.2, -0.15) is 0 Å². The molecule has 0 unspecified atom stereocenters. The van der Waals surface area contributed by atoms with Crippen LogP contribution in [0.2, 0.25) is 5.15 Å². The first-order valence-electron chi connectivity index (χ1n) is 5.09. The van der Waals surface area contributed by atoms with Crippen LogP contribution in [0.5, 0.6) is 5.75 Å². The van der Waals surface area contributed by atoms with Crippen molar-refractivity contribution in [2.75, 3.05) is 12.4 Å². The third-order valence-corrected chi connectivity index (χ3v) is 2.52. The van der Waals surface area contributed by atoms with Crippen molar-refractivity contribution in [2.24, 2.45) is 0 Å². The molecule has 2 aromatic rings. The zero-order valence-corrected chi connectivity index (χ0v) is 10.3. The van der Waals surface area contributed by atoms with Gasteiger partial charge >= 0.3 is 0 Å². The van der Waals surface area contributed by atoms with Crippen LogP contribution in [0.15, 0.2) is 30.6 Å². The lowest BCUT2D eigenvalue weighted by Crippen LogP contribution is -1.98. The maximum absolute atomic E-state index is 5.79. The van der Waals surface area contributed by atoms with Crippen molar-refractivity contribution >= 4 is 23.1 Å². The van der Waals surface area contributed by atoms with Gasteiger partial charge in [0.2, 0.25) is 0 Å². The number of anilines is 2. The molecule has 5 heteroatoms. The third-order valence-electron chi connectivity index (χ3n) is 2.31. The van der Waals surface area contributed by atoms with Crippen molar-refractivity contribution in [3.05, 3.63) is 41.3 Å². The first-order valence-corrected chi connectivity index (χ1v) is 5.46. The summed E-state index contributed by atoms with van der Waals surface area (Å²) in [5.74, 6) is 1.43. The predicted octanol–water partition coefficient (Wildman–Crippen LogP) is 3.19. The summed E-state index contributed by atoms with van der Waals surface area (Å²) in [6.45, 7) is 1.98. The lowest BCUT2D eigenvalue weighted by Gasteiger charge is -2.12. The highest BCUT2D eigenvalue weighted by Crippen LogP contribution is 2.30. The highest BCUT2D eigenvalue weighted by molar-refractivity contribution is 6.29. The molecule has 0 amide bonds. The summed E-state index contributed by atoms with van der Waals surface area (Å²) >= 11 is 5.79. The smallest absolute Gasteiger partial charge is 0.145 e. The molecule has 17 heavy (non-hydrogen) atoms. The van der Waals surface area contributed by atoms with Gasteiger partial charge in [-0.25, -0.2) is 9.97 Å². The number of ether oxygens (including phenoxy) is 1. The topological polar surface area (TPSA) is 47.0 Å². The number of aryl methyl sites for hydroxylation is 1. The maximum atomic E-state index is 5.79. The molecular formula is C12H12ClN3O. The zero-order valence-electron chi connectivity index (χ0n) is 9.57. The largest absolute Gasteiger partial charge is 0.494 e. The van der Waals surface area contributed by atoms with Gasteiger partial charge in [-0.15, -0.1) is 0 Å². The minimum atomic E-state index is 0.397. The van der Waals surface area contributed by atoms with E-state index >= 15 is 0 Å². The van der Waals surface area contributed by atoms with Gasteiger partial charge in [-0.1, -0.05) is 23.7 Å². The van der Waals surface area contributed by atoms with Crippen LogP contribution in [0.1, 0.15) is 5.56 Å². The highest BCUT2D eigenvalue weighted by Gasteiger charge is 2.06. The van der Waals surface area contributed by atoms with Crippen LogP contribution >= 0.6 is 11.6 Å². The molecule has 1 heterocycles. The van der Waals surface area contributed by atoms with Crippen molar-refractivity contribution in [2.45, 2.75) is 6.92 Å². The second-order valence-corrected chi connectivity index (χ2v) is 3.89. The van der Waals surface area contributed by atoms with Crippen molar-refractivity contribution in [1.29, 1.82) is 0 Å². The Morgan fingerprint density at radius 3 is 2.82 bits per heavy atom. The van der Waals surface area contributed by atoms with Crippen molar-refractivity contribution < 1.29 is 4.74 Å². The zero-order chi connectivity index (χ0) is 12.3. The molecule has 0 bridgehead atoms. The molecule has 0 atom stereocenters. The normalized spacial score (nSPS) is 10.1. The number of nitrogens with zero attached hydrogens (tertiary/aromatic N) is 2. The molecule has 0 saturated heterocycles. The van der Waals surface area contributed by atoms with Crippen molar-refractivity contribution in [3.63, 3.8) is 0 Å². The molecule has 0 saturated carbocycles. The van der Waals surface area contributed by atoms with Crippen molar-refractivity contribution in [1.82, 2.24) is 9.97 Å². The van der Waals surface area contributed by atoms with Gasteiger partial charge in [-0.3, -0.25) is 0 Å². The minimum Gasteiger partial charge on any atom is -0.494 e. The van der Waals surface area contributed by atoms with Gasteiger partial charge in [-0.05, 0) is 18.6 Å². The Labute approximate surface area is 105 Å². The van der Waals surface area contributed by atoms with Crippen LogP contribution in [-0.2, 0) is 0 Å². The van der Waals surface area contributed by atoms with Gasteiger partial charge in [0.05, 0.1) is 12.8 Å². The summed E-state index contributed by atoms with van der Waals surface area (Å²) in [6.07, 6.45) is 1.41. The number of nitrogens with one attached hydrogen (secondary N) is 1. The summed E-state index contributed by atoms with van der Waals surface area (Å²) in [7, 11) is 1.64. The molecule has 0 aliphatic rings. The second-order valence-electron chi connectivity index (χ2n) is 3.51. The van der Waals surface area contributed by atoms with Gasteiger partial charge in [0.1, 0.15) is 23.0 Å². The lowest BCUT2D eigenvalue weighted by molar-refractivity contribution is 0.413. The van der Waals surface area contributed by atoms with E-state index in [1.54, 1.807) is 13.2 Å². The molecule has 0 fully saturated rings. The number of rotatable bonds is 3. The van der Waals surface area contributed by atoms with E-state index in [4.69, 9.17) is 16.3 Å². The van der Waals surface area contributed by atoms with Crippen LogP contribution in [-0.4, -0.2) is 17.1 Å². The van der Waals surface area contributed by atoms with Crippen LogP contribution in [0.3, 0.4) is 0 Å². The fourth-order valence-corrected chi connectivity index (χ4v) is 1.71. The Morgan fingerprint density at radius 2 is 2.12 bits per heavy atom. The Hall–Kier alpha value is -1.81. The van der Waals surface area contributed by atoms with E-state index in [-0.39, 0.29) is 0 Å². The van der Waals surface area contributed by atoms with Gasteiger partial charge in [0.25, 0.3) is 0 Å². The monoisotopic (exact) mass is 249 g/mol. The number of aromatic nitrogens is 2. The Bertz CT molecular complexity index is 531. The third kappa shape index (κ3) is 2.65. The molecule has 1 N–H and O–H groups in total. The highest BCUT2D eigenvalue weighted by atomic mass is 35.5. The first-order chi connectivity index (χ1) is 8.20. The van der Waals surface area contributed by atoms with Crippen LogP contribution in [0.4, 0.5) is 11.5 Å². The fraction of sp³-hybridized carbons (Fsp3) is 0.167. The average Bonchev–Trinajstić information content (AvgIpc) is 2.29. The number of hydrogen-bond donors (Lipinski definition) is 1. The molecule has 0 aliphatic carbocycles. The predicted molar refractivity (Wildman–Crippen MR) is 68.1 cm³/mol. The lowest BCUT2D eigenvalue weighted by atomic mass is 10.2. The van der Waals surface area contributed by atoms with E-state index in [9.17, 15) is 0 Å². The van der Waals surface area contributed by atoms with Crippen LogP contribution < -0.4 is 10.1 Å². The molecule has 2 rings (SSSR count). The summed E-state index contributed by atoms with van der Waals surface area (Å²) in [4.78, 5) is 7.90. The Morgan fingerprint density at radius 1 is 1.29 bits per heavy atom. The van der Waals surface area contributed by atoms with E-state index in [0.29, 0.717) is 11.0 Å². The SMILES string of the molecule is COc1c(C)cccc1Nc1cc(Cl)ncn1. The van der Waals surface area contributed by atoms with Crippen LogP contribution in [0, 0.1) is 6.92 Å². The van der Waals surface area contributed by atoms with Crippen LogP contribution in [0.25, 0.3) is 0 Å². The quantitative estimate of drug-likeness (QED) is 0.849. The number of benzene rings is 1. The summed E-state index contributed by atoms with van der Waals surface area (Å²) in [6, 6.07) is 7.51. The van der Waals surface area contributed by atoms with E-state index in [0.717, 1.165) is 17.0 Å². The molecule has 0 aliphatic heterocycles. The van der Waals surface area contributed by atoms with E-state index in [2.05, 4.69) is 15.3 Å². The minimum absolute atomic E-state index is 0.397. The molecular weight excluding hydrogens is 238 g/mol. The number of hydrogen-bond acceptors (Lipinski definition) is 4.